The molecule has 1 rings (SSSR count). The van der Waals surface area contributed by atoms with Crippen molar-refractivity contribution in [1.29, 1.82) is 0 Å². The summed E-state index contributed by atoms with van der Waals surface area (Å²) in [5.41, 5.74) is 3.93. The van der Waals surface area contributed by atoms with E-state index in [1.165, 1.54) is 0 Å². The molecule has 0 aliphatic heterocycles. The van der Waals surface area contributed by atoms with E-state index in [9.17, 15) is 9.18 Å². The number of nitrogens with two attached hydrogens (primary N) is 1. The van der Waals surface area contributed by atoms with Crippen LogP contribution in [0.2, 0.25) is 0 Å². The first-order chi connectivity index (χ1) is 5.53. The molecular formula is C8H14FNO2. The highest BCUT2D eigenvalue weighted by Gasteiger charge is 2.36. The topological polar surface area (TPSA) is 63.3 Å². The van der Waals surface area contributed by atoms with Crippen molar-refractivity contribution in [1.82, 2.24) is 0 Å². The lowest BCUT2D eigenvalue weighted by molar-refractivity contribution is -0.139. The van der Waals surface area contributed by atoms with Gasteiger partial charge in [0.05, 0.1) is 0 Å². The molecule has 1 fully saturated rings. The fourth-order valence-electron chi connectivity index (χ4n) is 1.69. The van der Waals surface area contributed by atoms with Crippen molar-refractivity contribution >= 4 is 5.97 Å². The Hall–Kier alpha value is -0.640. The summed E-state index contributed by atoms with van der Waals surface area (Å²) in [6.45, 7) is 0. The second-order valence-electron chi connectivity index (χ2n) is 3.51. The number of hydrogen-bond acceptors (Lipinski definition) is 2. The van der Waals surface area contributed by atoms with Gasteiger partial charge < -0.3 is 10.8 Å². The first kappa shape index (κ1) is 9.45. The minimum atomic E-state index is -1.31. The Kier molecular flexibility index (Phi) is 2.67. The Balaban J connectivity index is 2.43. The number of rotatable bonds is 3. The zero-order chi connectivity index (χ0) is 9.19. The maximum absolute atomic E-state index is 13.6. The Labute approximate surface area is 70.7 Å². The smallest absolute Gasteiger partial charge is 0.320 e. The highest BCUT2D eigenvalue weighted by molar-refractivity contribution is 5.73. The summed E-state index contributed by atoms with van der Waals surface area (Å²) in [6, 6.07) is -1.05. The second kappa shape index (κ2) is 3.39. The summed E-state index contributed by atoms with van der Waals surface area (Å²) in [6.07, 6.45) is 2.59. The Morgan fingerprint density at radius 3 is 2.50 bits per heavy atom. The van der Waals surface area contributed by atoms with Crippen LogP contribution in [0.4, 0.5) is 4.39 Å². The first-order valence-electron chi connectivity index (χ1n) is 4.21. The lowest BCUT2D eigenvalue weighted by Crippen LogP contribution is -2.37. The molecule has 1 aliphatic carbocycles. The minimum Gasteiger partial charge on any atom is -0.480 e. The molecule has 4 heteroatoms. The van der Waals surface area contributed by atoms with Crippen LogP contribution in [0, 0.1) is 0 Å². The Morgan fingerprint density at radius 1 is 1.58 bits per heavy atom. The number of aliphatic carboxylic acids is 1. The van der Waals surface area contributed by atoms with Crippen LogP contribution in [-0.2, 0) is 4.79 Å². The number of carbonyl (C=O) groups is 1. The summed E-state index contributed by atoms with van der Waals surface area (Å²) in [5.74, 6) is -1.11. The first-order valence-corrected chi connectivity index (χ1v) is 4.21. The summed E-state index contributed by atoms with van der Waals surface area (Å²) >= 11 is 0. The lowest BCUT2D eigenvalue weighted by Gasteiger charge is -2.20. The molecule has 3 nitrogen and oxygen atoms in total. The fourth-order valence-corrected chi connectivity index (χ4v) is 1.69. The van der Waals surface area contributed by atoms with Crippen molar-refractivity contribution < 1.29 is 14.3 Å². The molecule has 0 radical (unpaired) electrons. The molecular weight excluding hydrogens is 161 g/mol. The van der Waals surface area contributed by atoms with Crippen LogP contribution >= 0.6 is 0 Å². The van der Waals surface area contributed by atoms with Gasteiger partial charge in [0.25, 0.3) is 0 Å². The van der Waals surface area contributed by atoms with E-state index in [2.05, 4.69) is 0 Å². The standard InChI is InChI=1S/C8H14FNO2/c9-8(3-1-2-4-8)5-6(10)7(11)12/h6H,1-5,10H2,(H,11,12). The van der Waals surface area contributed by atoms with Crippen molar-refractivity contribution in [3.63, 3.8) is 0 Å². The van der Waals surface area contributed by atoms with Gasteiger partial charge in [0.1, 0.15) is 11.7 Å². The van der Waals surface area contributed by atoms with Gasteiger partial charge in [0.2, 0.25) is 0 Å². The summed E-state index contributed by atoms with van der Waals surface area (Å²) in [5, 5.41) is 8.47. The maximum atomic E-state index is 13.6. The van der Waals surface area contributed by atoms with Crippen LogP contribution in [0.25, 0.3) is 0 Å². The molecule has 70 valence electrons. The van der Waals surface area contributed by atoms with E-state index in [0.717, 1.165) is 12.8 Å². The van der Waals surface area contributed by atoms with E-state index < -0.39 is 17.7 Å². The van der Waals surface area contributed by atoms with Crippen LogP contribution in [0.1, 0.15) is 32.1 Å². The Morgan fingerprint density at radius 2 is 2.08 bits per heavy atom. The number of carboxylic acids is 1. The van der Waals surface area contributed by atoms with Gasteiger partial charge in [0, 0.05) is 6.42 Å². The van der Waals surface area contributed by atoms with Crippen molar-refractivity contribution in [2.45, 2.75) is 43.8 Å². The zero-order valence-electron chi connectivity index (χ0n) is 6.92. The van der Waals surface area contributed by atoms with Crippen LogP contribution in [0.3, 0.4) is 0 Å². The van der Waals surface area contributed by atoms with Crippen LogP contribution in [-0.4, -0.2) is 22.8 Å². The highest BCUT2D eigenvalue weighted by Crippen LogP contribution is 2.36. The van der Waals surface area contributed by atoms with Gasteiger partial charge in [0.15, 0.2) is 0 Å². The summed E-state index contributed by atoms with van der Waals surface area (Å²) in [4.78, 5) is 10.3. The van der Waals surface area contributed by atoms with E-state index in [1.807, 2.05) is 0 Å². The molecule has 1 saturated carbocycles. The third kappa shape index (κ3) is 2.17. The van der Waals surface area contributed by atoms with Gasteiger partial charge in [-0.15, -0.1) is 0 Å². The number of alkyl halides is 1. The highest BCUT2D eigenvalue weighted by atomic mass is 19.1. The maximum Gasteiger partial charge on any atom is 0.320 e. The third-order valence-electron chi connectivity index (χ3n) is 2.40. The van der Waals surface area contributed by atoms with Crippen molar-refractivity contribution in [2.75, 3.05) is 0 Å². The van der Waals surface area contributed by atoms with Crippen LogP contribution in [0.15, 0.2) is 0 Å². The van der Waals surface area contributed by atoms with Gasteiger partial charge in [-0.2, -0.15) is 0 Å². The molecule has 1 aliphatic rings. The average molecular weight is 175 g/mol. The molecule has 0 bridgehead atoms. The van der Waals surface area contributed by atoms with Gasteiger partial charge >= 0.3 is 5.97 Å². The second-order valence-corrected chi connectivity index (χ2v) is 3.51. The summed E-state index contributed by atoms with van der Waals surface area (Å²) < 4.78 is 13.6. The van der Waals surface area contributed by atoms with Crippen LogP contribution < -0.4 is 5.73 Å². The molecule has 1 unspecified atom stereocenters. The predicted octanol–water partition coefficient (Wildman–Crippen LogP) is 1.07. The van der Waals surface area contributed by atoms with E-state index in [1.54, 1.807) is 0 Å². The fraction of sp³-hybridized carbons (Fsp3) is 0.875. The molecule has 0 aromatic heterocycles. The van der Waals surface area contributed by atoms with Gasteiger partial charge in [-0.3, -0.25) is 4.79 Å². The molecule has 0 heterocycles. The number of halogens is 1. The van der Waals surface area contributed by atoms with Crippen molar-refractivity contribution in [2.24, 2.45) is 5.73 Å². The minimum absolute atomic E-state index is 0.0394. The molecule has 1 atom stereocenters. The summed E-state index contributed by atoms with van der Waals surface area (Å²) in [7, 11) is 0. The van der Waals surface area contributed by atoms with Gasteiger partial charge in [-0.1, -0.05) is 12.8 Å². The SMILES string of the molecule is NC(CC1(F)CCCC1)C(=O)O. The van der Waals surface area contributed by atoms with Crippen molar-refractivity contribution in [3.05, 3.63) is 0 Å². The number of carboxylic acid groups (broad SMARTS) is 1. The van der Waals surface area contributed by atoms with E-state index in [-0.39, 0.29) is 6.42 Å². The predicted molar refractivity (Wildman–Crippen MR) is 42.5 cm³/mol. The molecule has 0 aromatic rings. The van der Waals surface area contributed by atoms with Gasteiger partial charge in [-0.25, -0.2) is 4.39 Å². The van der Waals surface area contributed by atoms with Crippen molar-refractivity contribution in [3.8, 4) is 0 Å². The van der Waals surface area contributed by atoms with E-state index in [0.29, 0.717) is 12.8 Å². The third-order valence-corrected chi connectivity index (χ3v) is 2.40. The van der Waals surface area contributed by atoms with E-state index >= 15 is 0 Å². The average Bonchev–Trinajstić information content (AvgIpc) is 2.35. The molecule has 0 spiro atoms. The zero-order valence-corrected chi connectivity index (χ0v) is 6.92. The molecule has 0 saturated heterocycles. The van der Waals surface area contributed by atoms with Crippen LogP contribution in [0.5, 0.6) is 0 Å². The quantitative estimate of drug-likeness (QED) is 0.674. The van der Waals surface area contributed by atoms with Gasteiger partial charge in [-0.05, 0) is 12.8 Å². The Bertz CT molecular complexity index is 178. The molecule has 0 amide bonds. The normalized spacial score (nSPS) is 23.8. The molecule has 3 N–H and O–H groups in total. The monoisotopic (exact) mass is 175 g/mol. The largest absolute Gasteiger partial charge is 0.480 e. The number of hydrogen-bond donors (Lipinski definition) is 2. The van der Waals surface area contributed by atoms with E-state index in [4.69, 9.17) is 10.8 Å². The molecule has 0 aromatic carbocycles. The lowest BCUT2D eigenvalue weighted by atomic mass is 9.95. The molecule has 12 heavy (non-hydrogen) atoms.